The lowest BCUT2D eigenvalue weighted by molar-refractivity contribution is 0.0697. The van der Waals surface area contributed by atoms with Crippen molar-refractivity contribution in [2.75, 3.05) is 0 Å². The molecule has 1 fully saturated rings. The zero-order valence-electron chi connectivity index (χ0n) is 17.8. The Bertz CT molecular complexity index is 1330. The van der Waals surface area contributed by atoms with Crippen molar-refractivity contribution >= 4 is 40.2 Å². The summed E-state index contributed by atoms with van der Waals surface area (Å²) in [6.45, 7) is 0. The molecule has 1 aromatic heterocycles. The average molecular weight is 481 g/mol. The van der Waals surface area contributed by atoms with Gasteiger partial charge in [-0.05, 0) is 73.5 Å². The van der Waals surface area contributed by atoms with Gasteiger partial charge in [0.05, 0.1) is 21.6 Å². The number of fused-ring (bicyclic) bond motifs is 1. The Morgan fingerprint density at radius 3 is 2.42 bits per heavy atom. The van der Waals surface area contributed by atoms with Gasteiger partial charge in [0.25, 0.3) is 0 Å². The van der Waals surface area contributed by atoms with E-state index >= 15 is 0 Å². The Labute approximate surface area is 201 Å². The maximum atomic E-state index is 11.5. The smallest absolute Gasteiger partial charge is 0.335 e. The third kappa shape index (κ3) is 4.43. The minimum atomic E-state index is -0.951. The van der Waals surface area contributed by atoms with Gasteiger partial charge in [-0.2, -0.15) is 0 Å². The lowest BCUT2D eigenvalue weighted by Gasteiger charge is -2.25. The third-order valence-electron chi connectivity index (χ3n) is 6.11. The first-order chi connectivity index (χ1) is 16.0. The molecular weight excluding hydrogens is 459 g/mol. The number of benzene rings is 3. The quantitative estimate of drug-likeness (QED) is 0.314. The van der Waals surface area contributed by atoms with Crippen molar-refractivity contribution in [2.45, 2.75) is 38.1 Å². The summed E-state index contributed by atoms with van der Waals surface area (Å²) in [7, 11) is 0. The van der Waals surface area contributed by atoms with Gasteiger partial charge < -0.3 is 14.4 Å². The zero-order chi connectivity index (χ0) is 22.9. The van der Waals surface area contributed by atoms with E-state index in [4.69, 9.17) is 32.9 Å². The summed E-state index contributed by atoms with van der Waals surface area (Å²) in [4.78, 5) is 16.3. The molecule has 33 heavy (non-hydrogen) atoms. The first-order valence-electron chi connectivity index (χ1n) is 11.0. The number of rotatable bonds is 5. The number of imidazole rings is 1. The summed E-state index contributed by atoms with van der Waals surface area (Å²) in [6, 6.07) is 18.3. The van der Waals surface area contributed by atoms with E-state index in [0.29, 0.717) is 33.1 Å². The Balaban J connectivity index is 1.53. The van der Waals surface area contributed by atoms with E-state index in [2.05, 4.69) is 4.57 Å². The van der Waals surface area contributed by atoms with Crippen LogP contribution in [0.15, 0.2) is 60.7 Å². The molecule has 168 valence electrons. The van der Waals surface area contributed by atoms with Crippen LogP contribution < -0.4 is 4.74 Å². The number of aromatic carboxylic acids is 1. The van der Waals surface area contributed by atoms with E-state index in [0.717, 1.165) is 29.7 Å². The Morgan fingerprint density at radius 1 is 0.970 bits per heavy atom. The molecule has 7 heteroatoms. The van der Waals surface area contributed by atoms with Crippen LogP contribution in [0.25, 0.3) is 22.4 Å². The molecule has 0 saturated heterocycles. The van der Waals surface area contributed by atoms with Crippen molar-refractivity contribution in [3.05, 3.63) is 76.3 Å². The van der Waals surface area contributed by atoms with Gasteiger partial charge >= 0.3 is 5.97 Å². The van der Waals surface area contributed by atoms with E-state index in [1.165, 1.54) is 19.3 Å². The number of hydrogen-bond donors (Lipinski definition) is 1. The van der Waals surface area contributed by atoms with Crippen molar-refractivity contribution in [1.29, 1.82) is 0 Å². The molecular formula is C26H22Cl2N2O3. The van der Waals surface area contributed by atoms with E-state index in [1.54, 1.807) is 30.3 Å². The van der Waals surface area contributed by atoms with Gasteiger partial charge in [0.15, 0.2) is 0 Å². The van der Waals surface area contributed by atoms with Gasteiger partial charge in [-0.1, -0.05) is 42.5 Å². The molecule has 0 amide bonds. The number of carbonyl (C=O) groups is 1. The van der Waals surface area contributed by atoms with Gasteiger partial charge in [0.2, 0.25) is 0 Å². The number of ether oxygens (including phenoxy) is 1. The number of carboxylic acids is 1. The maximum absolute atomic E-state index is 11.5. The SMILES string of the molecule is O=C(O)c1ccc2c(c1)nc(-c1ccc(Oc3ccc(Cl)cc3Cl)cc1)n2C1CCCCC1. The van der Waals surface area contributed by atoms with Crippen molar-refractivity contribution in [2.24, 2.45) is 0 Å². The molecule has 0 spiro atoms. The summed E-state index contributed by atoms with van der Waals surface area (Å²) in [5.74, 6) is 1.07. The van der Waals surface area contributed by atoms with Gasteiger partial charge in [-0.3, -0.25) is 0 Å². The van der Waals surface area contributed by atoms with E-state index in [-0.39, 0.29) is 5.56 Å². The molecule has 1 aliphatic rings. The number of nitrogens with zero attached hydrogens (tertiary/aromatic N) is 2. The van der Waals surface area contributed by atoms with Gasteiger partial charge in [0.1, 0.15) is 17.3 Å². The highest BCUT2D eigenvalue weighted by atomic mass is 35.5. The highest BCUT2D eigenvalue weighted by Crippen LogP contribution is 2.37. The summed E-state index contributed by atoms with van der Waals surface area (Å²) in [5, 5.41) is 10.4. The van der Waals surface area contributed by atoms with Crippen LogP contribution in [-0.4, -0.2) is 20.6 Å². The van der Waals surface area contributed by atoms with Gasteiger partial charge in [-0.15, -0.1) is 0 Å². The Kier molecular flexibility index (Phi) is 6.00. The molecule has 0 bridgehead atoms. The molecule has 5 rings (SSSR count). The van der Waals surface area contributed by atoms with Gasteiger partial charge in [0, 0.05) is 16.6 Å². The first kappa shape index (κ1) is 21.8. The lowest BCUT2D eigenvalue weighted by Crippen LogP contribution is -2.14. The minimum absolute atomic E-state index is 0.242. The van der Waals surface area contributed by atoms with Crippen molar-refractivity contribution in [1.82, 2.24) is 9.55 Å². The highest BCUT2D eigenvalue weighted by Gasteiger charge is 2.23. The Hall–Kier alpha value is -3.02. The molecule has 1 saturated carbocycles. The van der Waals surface area contributed by atoms with Crippen molar-refractivity contribution in [3.8, 4) is 22.9 Å². The van der Waals surface area contributed by atoms with Crippen LogP contribution in [0, 0.1) is 0 Å². The van der Waals surface area contributed by atoms with Crippen LogP contribution >= 0.6 is 23.2 Å². The predicted molar refractivity (Wildman–Crippen MR) is 131 cm³/mol. The van der Waals surface area contributed by atoms with Crippen molar-refractivity contribution in [3.63, 3.8) is 0 Å². The monoisotopic (exact) mass is 480 g/mol. The summed E-state index contributed by atoms with van der Waals surface area (Å²) in [6.07, 6.45) is 5.81. The lowest BCUT2D eigenvalue weighted by atomic mass is 9.95. The molecule has 0 atom stereocenters. The second-order valence-electron chi connectivity index (χ2n) is 8.31. The predicted octanol–water partition coefficient (Wildman–Crippen LogP) is 8.01. The zero-order valence-corrected chi connectivity index (χ0v) is 19.3. The molecule has 1 N–H and O–H groups in total. The summed E-state index contributed by atoms with van der Waals surface area (Å²) >= 11 is 12.2. The average Bonchev–Trinajstić information content (AvgIpc) is 3.20. The molecule has 1 heterocycles. The second kappa shape index (κ2) is 9.08. The fourth-order valence-electron chi connectivity index (χ4n) is 4.50. The van der Waals surface area contributed by atoms with Crippen LogP contribution in [0.3, 0.4) is 0 Å². The topological polar surface area (TPSA) is 64.3 Å². The molecule has 0 unspecified atom stereocenters. The van der Waals surface area contributed by atoms with Crippen molar-refractivity contribution < 1.29 is 14.6 Å². The second-order valence-corrected chi connectivity index (χ2v) is 9.15. The molecule has 1 aliphatic carbocycles. The number of carboxylic acid groups (broad SMARTS) is 1. The van der Waals surface area contributed by atoms with Gasteiger partial charge in [-0.25, -0.2) is 9.78 Å². The molecule has 5 nitrogen and oxygen atoms in total. The minimum Gasteiger partial charge on any atom is -0.478 e. The largest absolute Gasteiger partial charge is 0.478 e. The fourth-order valence-corrected chi connectivity index (χ4v) is 4.95. The normalized spacial score (nSPS) is 14.5. The molecule has 0 aliphatic heterocycles. The maximum Gasteiger partial charge on any atom is 0.335 e. The van der Waals surface area contributed by atoms with E-state index in [9.17, 15) is 9.90 Å². The fraction of sp³-hybridized carbons (Fsp3) is 0.231. The van der Waals surface area contributed by atoms with Crippen LogP contribution in [0.4, 0.5) is 0 Å². The highest BCUT2D eigenvalue weighted by molar-refractivity contribution is 6.35. The number of hydrogen-bond acceptors (Lipinski definition) is 3. The molecule has 4 aromatic rings. The number of aromatic nitrogens is 2. The summed E-state index contributed by atoms with van der Waals surface area (Å²) < 4.78 is 8.20. The molecule has 0 radical (unpaired) electrons. The summed E-state index contributed by atoms with van der Waals surface area (Å²) in [5.41, 5.74) is 2.85. The van der Waals surface area contributed by atoms with Crippen LogP contribution in [-0.2, 0) is 0 Å². The Morgan fingerprint density at radius 2 is 1.73 bits per heavy atom. The third-order valence-corrected chi connectivity index (χ3v) is 6.64. The van der Waals surface area contributed by atoms with E-state index in [1.807, 2.05) is 30.3 Å². The first-order valence-corrected chi connectivity index (χ1v) is 11.7. The van der Waals surface area contributed by atoms with Crippen LogP contribution in [0.1, 0.15) is 48.5 Å². The standard InChI is InChI=1S/C26H22Cl2N2O3/c27-18-9-13-24(21(28)15-18)33-20-10-6-16(7-11-20)25-29-22-14-17(26(31)32)8-12-23(22)30(25)19-4-2-1-3-5-19/h6-15,19H,1-5H2,(H,31,32). The van der Waals surface area contributed by atoms with E-state index < -0.39 is 5.97 Å². The number of halogens is 2. The van der Waals surface area contributed by atoms with Crippen LogP contribution in [0.5, 0.6) is 11.5 Å². The van der Waals surface area contributed by atoms with Crippen LogP contribution in [0.2, 0.25) is 10.0 Å². The molecule has 3 aromatic carbocycles.